The zero-order valence-corrected chi connectivity index (χ0v) is 13.8. The average Bonchev–Trinajstić information content (AvgIpc) is 2.98. The molecule has 2 aliphatic rings. The smallest absolute Gasteiger partial charge is 0.154 e. The maximum Gasteiger partial charge on any atom is 0.154 e. The van der Waals surface area contributed by atoms with Crippen molar-refractivity contribution in [3.63, 3.8) is 0 Å². The molecule has 3 rings (SSSR count). The van der Waals surface area contributed by atoms with Gasteiger partial charge in [0.25, 0.3) is 0 Å². The Labute approximate surface area is 134 Å². The van der Waals surface area contributed by atoms with Crippen molar-refractivity contribution < 1.29 is 4.79 Å². The normalized spacial score (nSPS) is 24.3. The van der Waals surface area contributed by atoms with E-state index in [-0.39, 0.29) is 6.04 Å². The van der Waals surface area contributed by atoms with Crippen LogP contribution in [0.1, 0.15) is 31.2 Å². The van der Waals surface area contributed by atoms with Crippen LogP contribution in [-0.4, -0.2) is 47.4 Å². The first kappa shape index (κ1) is 15.1. The van der Waals surface area contributed by atoms with Gasteiger partial charge in [-0.15, -0.1) is 0 Å². The Morgan fingerprint density at radius 1 is 1.33 bits per heavy atom. The molecular weight excluding hydrogens is 330 g/mol. The average molecular weight is 352 g/mol. The van der Waals surface area contributed by atoms with Crippen molar-refractivity contribution in [1.29, 1.82) is 0 Å². The van der Waals surface area contributed by atoms with Crippen molar-refractivity contribution in [2.45, 2.75) is 44.2 Å². The lowest BCUT2D eigenvalue weighted by atomic mass is 9.99. The molecule has 0 aromatic carbocycles. The molecule has 4 nitrogen and oxygen atoms in total. The number of hydrogen-bond donors (Lipinski definition) is 1. The molecule has 1 atom stereocenters. The summed E-state index contributed by atoms with van der Waals surface area (Å²) in [5.74, 6) is 0.353. The van der Waals surface area contributed by atoms with E-state index in [4.69, 9.17) is 0 Å². The summed E-state index contributed by atoms with van der Waals surface area (Å²) in [6, 6.07) is 2.70. The Bertz CT molecular complexity index is 502. The molecule has 1 N–H and O–H groups in total. The van der Waals surface area contributed by atoms with Crippen molar-refractivity contribution in [3.05, 3.63) is 28.5 Å². The quantitative estimate of drug-likeness (QED) is 0.902. The highest BCUT2D eigenvalue weighted by atomic mass is 79.9. The monoisotopic (exact) mass is 351 g/mol. The van der Waals surface area contributed by atoms with Gasteiger partial charge in [0.1, 0.15) is 0 Å². The summed E-state index contributed by atoms with van der Waals surface area (Å²) in [6.07, 6.45) is 8.56. The maximum absolute atomic E-state index is 12.7. The van der Waals surface area contributed by atoms with Crippen LogP contribution >= 0.6 is 15.9 Å². The van der Waals surface area contributed by atoms with E-state index < -0.39 is 0 Å². The Hall–Kier alpha value is -0.780. The van der Waals surface area contributed by atoms with E-state index in [0.717, 1.165) is 42.5 Å². The van der Waals surface area contributed by atoms with Gasteiger partial charge in [-0.25, -0.2) is 0 Å². The molecule has 21 heavy (non-hydrogen) atoms. The SMILES string of the molecule is O=C(Cc1cncc(Br)c1)C1CCCN1C1CCNCC1. The minimum atomic E-state index is 0.118. The standard InChI is InChI=1S/C16H22BrN3O/c17-13-8-12(10-19-11-13)9-16(21)15-2-1-7-20(15)14-3-5-18-6-4-14/h8,10-11,14-15,18H,1-7,9H2. The van der Waals surface area contributed by atoms with Crippen LogP contribution in [0.25, 0.3) is 0 Å². The first-order chi connectivity index (χ1) is 10.2. The van der Waals surface area contributed by atoms with Crippen molar-refractivity contribution in [3.8, 4) is 0 Å². The third-order valence-electron chi connectivity index (χ3n) is 4.58. The zero-order valence-electron chi connectivity index (χ0n) is 12.2. The number of ketones is 1. The van der Waals surface area contributed by atoms with E-state index in [1.165, 1.54) is 12.8 Å². The second-order valence-corrected chi connectivity index (χ2v) is 6.95. The van der Waals surface area contributed by atoms with Gasteiger partial charge in [0.05, 0.1) is 6.04 Å². The largest absolute Gasteiger partial charge is 0.317 e. The van der Waals surface area contributed by atoms with Gasteiger partial charge in [-0.05, 0) is 72.9 Å². The number of pyridine rings is 1. The van der Waals surface area contributed by atoms with Gasteiger partial charge in [-0.3, -0.25) is 14.7 Å². The van der Waals surface area contributed by atoms with Crippen LogP contribution in [0.15, 0.2) is 22.9 Å². The first-order valence-corrected chi connectivity index (χ1v) is 8.62. The van der Waals surface area contributed by atoms with E-state index in [1.54, 1.807) is 12.4 Å². The van der Waals surface area contributed by atoms with Crippen molar-refractivity contribution in [2.24, 2.45) is 0 Å². The number of nitrogens with one attached hydrogen (secondary N) is 1. The van der Waals surface area contributed by atoms with Crippen molar-refractivity contribution in [2.75, 3.05) is 19.6 Å². The molecule has 0 amide bonds. The fraction of sp³-hybridized carbons (Fsp3) is 0.625. The van der Waals surface area contributed by atoms with E-state index in [1.807, 2.05) is 6.07 Å². The van der Waals surface area contributed by atoms with Crippen LogP contribution in [0.4, 0.5) is 0 Å². The fourth-order valence-corrected chi connectivity index (χ4v) is 3.99. The summed E-state index contributed by atoms with van der Waals surface area (Å²) in [5.41, 5.74) is 1.01. The van der Waals surface area contributed by atoms with Gasteiger partial charge in [0.2, 0.25) is 0 Å². The summed E-state index contributed by atoms with van der Waals surface area (Å²) in [6.45, 7) is 3.24. The molecule has 0 aliphatic carbocycles. The molecule has 0 bridgehead atoms. The third kappa shape index (κ3) is 3.71. The predicted octanol–water partition coefficient (Wildman–Crippen LogP) is 2.17. The first-order valence-electron chi connectivity index (χ1n) is 7.82. The Balaban J connectivity index is 1.65. The van der Waals surface area contributed by atoms with Gasteiger partial charge in [-0.2, -0.15) is 0 Å². The number of piperidine rings is 1. The highest BCUT2D eigenvalue weighted by Gasteiger charge is 2.35. The molecule has 3 heterocycles. The van der Waals surface area contributed by atoms with Crippen LogP contribution in [0, 0.1) is 0 Å². The summed E-state index contributed by atoms with van der Waals surface area (Å²) in [4.78, 5) is 19.3. The van der Waals surface area contributed by atoms with Crippen LogP contribution in [0.3, 0.4) is 0 Å². The summed E-state index contributed by atoms with van der Waals surface area (Å²) in [7, 11) is 0. The van der Waals surface area contributed by atoms with Gasteiger partial charge in [0.15, 0.2) is 5.78 Å². The third-order valence-corrected chi connectivity index (χ3v) is 5.02. The van der Waals surface area contributed by atoms with Crippen LogP contribution in [0.2, 0.25) is 0 Å². The number of rotatable bonds is 4. The van der Waals surface area contributed by atoms with Crippen LogP contribution in [0.5, 0.6) is 0 Å². The van der Waals surface area contributed by atoms with Crippen LogP contribution in [-0.2, 0) is 11.2 Å². The molecule has 0 spiro atoms. The van der Waals surface area contributed by atoms with Gasteiger partial charge < -0.3 is 5.32 Å². The molecule has 2 aliphatic heterocycles. The number of carbonyl (C=O) groups is 1. The lowest BCUT2D eigenvalue weighted by molar-refractivity contribution is -0.123. The molecule has 0 radical (unpaired) electrons. The van der Waals surface area contributed by atoms with Gasteiger partial charge >= 0.3 is 0 Å². The van der Waals surface area contributed by atoms with E-state index in [9.17, 15) is 4.79 Å². The summed E-state index contributed by atoms with van der Waals surface area (Å²) in [5, 5.41) is 3.40. The highest BCUT2D eigenvalue weighted by molar-refractivity contribution is 9.10. The topological polar surface area (TPSA) is 45.2 Å². The Morgan fingerprint density at radius 2 is 2.14 bits per heavy atom. The zero-order chi connectivity index (χ0) is 14.7. The molecule has 1 unspecified atom stereocenters. The summed E-state index contributed by atoms with van der Waals surface area (Å²) < 4.78 is 0.939. The van der Waals surface area contributed by atoms with Crippen molar-refractivity contribution in [1.82, 2.24) is 15.2 Å². The molecule has 1 aromatic rings. The molecule has 2 fully saturated rings. The van der Waals surface area contributed by atoms with Gasteiger partial charge in [0, 0.05) is 29.3 Å². The number of hydrogen-bond acceptors (Lipinski definition) is 4. The molecular formula is C16H22BrN3O. The minimum Gasteiger partial charge on any atom is -0.317 e. The number of halogens is 1. The maximum atomic E-state index is 12.7. The van der Waals surface area contributed by atoms with Crippen LogP contribution < -0.4 is 5.32 Å². The number of nitrogens with zero attached hydrogens (tertiary/aromatic N) is 2. The molecule has 114 valence electrons. The minimum absolute atomic E-state index is 0.118. The number of likely N-dealkylation sites (tertiary alicyclic amines) is 1. The van der Waals surface area contributed by atoms with E-state index in [0.29, 0.717) is 18.2 Å². The lowest BCUT2D eigenvalue weighted by Gasteiger charge is -2.35. The fourth-order valence-electron chi connectivity index (χ4n) is 3.58. The molecule has 5 heteroatoms. The lowest BCUT2D eigenvalue weighted by Crippen LogP contribution is -2.48. The molecule has 2 saturated heterocycles. The molecule has 1 aromatic heterocycles. The predicted molar refractivity (Wildman–Crippen MR) is 86.3 cm³/mol. The van der Waals surface area contributed by atoms with Gasteiger partial charge in [-0.1, -0.05) is 0 Å². The Morgan fingerprint density at radius 3 is 2.90 bits per heavy atom. The highest BCUT2D eigenvalue weighted by Crippen LogP contribution is 2.26. The number of Topliss-reactive ketones (excluding diaryl/α,β-unsaturated/α-hetero) is 1. The molecule has 0 saturated carbocycles. The Kier molecular flexibility index (Phi) is 5.03. The number of aromatic nitrogens is 1. The van der Waals surface area contributed by atoms with Crippen molar-refractivity contribution >= 4 is 21.7 Å². The van der Waals surface area contributed by atoms with E-state index >= 15 is 0 Å². The summed E-state index contributed by atoms with van der Waals surface area (Å²) >= 11 is 3.42. The second-order valence-electron chi connectivity index (χ2n) is 6.03. The number of carbonyl (C=O) groups excluding carboxylic acids is 1. The van der Waals surface area contributed by atoms with E-state index in [2.05, 4.69) is 31.1 Å². The second kappa shape index (κ2) is 6.99.